The van der Waals surface area contributed by atoms with Crippen LogP contribution >= 0.6 is 0 Å². The topological polar surface area (TPSA) is 49.4 Å². The number of nitrogens with zero attached hydrogens (tertiary/aromatic N) is 1. The van der Waals surface area contributed by atoms with Gasteiger partial charge in [-0.25, -0.2) is 0 Å². The molecule has 0 aromatic heterocycles. The van der Waals surface area contributed by atoms with Crippen LogP contribution in [0.4, 0.5) is 5.69 Å². The fourth-order valence-electron chi connectivity index (χ4n) is 3.35. The van der Waals surface area contributed by atoms with Gasteiger partial charge in [0.05, 0.1) is 5.92 Å². The molecule has 4 heteroatoms. The maximum atomic E-state index is 12.5. The molecule has 0 bridgehead atoms. The van der Waals surface area contributed by atoms with Gasteiger partial charge in [-0.2, -0.15) is 0 Å². The first kappa shape index (κ1) is 19.5. The van der Waals surface area contributed by atoms with Gasteiger partial charge in [0.2, 0.25) is 11.8 Å². The fourth-order valence-corrected chi connectivity index (χ4v) is 3.35. The number of benzene rings is 1. The third-order valence-electron chi connectivity index (χ3n) is 5.03. The van der Waals surface area contributed by atoms with Crippen molar-refractivity contribution in [3.8, 4) is 0 Å². The second kappa shape index (κ2) is 9.59. The van der Waals surface area contributed by atoms with Gasteiger partial charge in [-0.05, 0) is 37.5 Å². The highest BCUT2D eigenvalue weighted by Crippen LogP contribution is 2.25. The first-order valence-electron chi connectivity index (χ1n) is 9.74. The van der Waals surface area contributed by atoms with Crippen molar-refractivity contribution in [1.82, 2.24) is 5.32 Å². The number of aryl methyl sites for hydroxylation is 1. The van der Waals surface area contributed by atoms with Crippen LogP contribution < -0.4 is 10.2 Å². The average molecular weight is 344 g/mol. The number of hydrogen-bond donors (Lipinski definition) is 1. The van der Waals surface area contributed by atoms with E-state index in [0.29, 0.717) is 13.0 Å². The fraction of sp³-hybridized carbons (Fsp3) is 0.619. The first-order chi connectivity index (χ1) is 12.0. The molecule has 0 saturated carbocycles. The van der Waals surface area contributed by atoms with Crippen molar-refractivity contribution in [3.63, 3.8) is 0 Å². The molecular weight excluding hydrogens is 312 g/mol. The van der Waals surface area contributed by atoms with E-state index in [1.807, 2.05) is 24.3 Å². The Hall–Kier alpha value is -1.84. The van der Waals surface area contributed by atoms with E-state index in [4.69, 9.17) is 0 Å². The quantitative estimate of drug-likeness (QED) is 0.686. The lowest BCUT2D eigenvalue weighted by atomic mass is 10.1. The highest BCUT2D eigenvalue weighted by molar-refractivity contribution is 6.00. The molecule has 1 aromatic carbocycles. The number of carbonyl (C=O) groups is 2. The smallest absolute Gasteiger partial charge is 0.227 e. The number of amides is 2. The molecule has 0 spiro atoms. The van der Waals surface area contributed by atoms with Crippen LogP contribution in [0.1, 0.15) is 64.9 Å². The molecule has 1 heterocycles. The van der Waals surface area contributed by atoms with Gasteiger partial charge in [0.1, 0.15) is 0 Å². The number of anilines is 1. The Labute approximate surface area is 152 Å². The first-order valence-corrected chi connectivity index (χ1v) is 9.74. The molecule has 2 amide bonds. The predicted molar refractivity (Wildman–Crippen MR) is 103 cm³/mol. The van der Waals surface area contributed by atoms with Crippen molar-refractivity contribution in [1.29, 1.82) is 0 Å². The number of carbonyl (C=O) groups excluding carboxylic acids is 2. The lowest BCUT2D eigenvalue weighted by Crippen LogP contribution is -2.38. The van der Waals surface area contributed by atoms with Crippen molar-refractivity contribution in [2.45, 2.75) is 71.8 Å². The van der Waals surface area contributed by atoms with Crippen molar-refractivity contribution >= 4 is 17.5 Å². The molecular formula is C21H32N2O2. The molecule has 4 nitrogen and oxygen atoms in total. The Morgan fingerprint density at radius 1 is 1.20 bits per heavy atom. The van der Waals surface area contributed by atoms with Crippen LogP contribution in [0.2, 0.25) is 0 Å². The Kier molecular flexibility index (Phi) is 7.48. The summed E-state index contributed by atoms with van der Waals surface area (Å²) in [5, 5.41) is 3.09. The summed E-state index contributed by atoms with van der Waals surface area (Å²) in [6, 6.07) is 8.24. The maximum absolute atomic E-state index is 12.5. The Morgan fingerprint density at radius 2 is 1.92 bits per heavy atom. The highest BCUT2D eigenvalue weighted by atomic mass is 16.2. The molecule has 1 aliphatic rings. The Balaban J connectivity index is 1.84. The summed E-state index contributed by atoms with van der Waals surface area (Å²) >= 11 is 0. The van der Waals surface area contributed by atoms with E-state index in [1.54, 1.807) is 4.90 Å². The number of hydrogen-bond acceptors (Lipinski definition) is 2. The standard InChI is InChI=1S/C21H32N2O2/c1-4-6-7-8-9-16(3)22-21(25)18-14-20(24)23(15-18)19-12-10-17(5-2)11-13-19/h10-13,16,18H,4-9,14-15H2,1-3H3,(H,22,25)/t16-,18-/m0/s1. The number of rotatable bonds is 9. The summed E-state index contributed by atoms with van der Waals surface area (Å²) in [5.41, 5.74) is 2.15. The molecule has 1 saturated heterocycles. The van der Waals surface area contributed by atoms with Gasteiger partial charge in [0.15, 0.2) is 0 Å². The second-order valence-electron chi connectivity index (χ2n) is 7.18. The summed E-state index contributed by atoms with van der Waals surface area (Å²) in [7, 11) is 0. The largest absolute Gasteiger partial charge is 0.353 e. The zero-order valence-corrected chi connectivity index (χ0v) is 15.9. The van der Waals surface area contributed by atoms with Gasteiger partial charge in [0, 0.05) is 24.7 Å². The van der Waals surface area contributed by atoms with E-state index in [1.165, 1.54) is 24.8 Å². The zero-order valence-electron chi connectivity index (χ0n) is 15.9. The van der Waals surface area contributed by atoms with Crippen LogP contribution in [0.5, 0.6) is 0 Å². The molecule has 1 fully saturated rings. The monoisotopic (exact) mass is 344 g/mol. The van der Waals surface area contributed by atoms with Gasteiger partial charge in [-0.15, -0.1) is 0 Å². The van der Waals surface area contributed by atoms with E-state index >= 15 is 0 Å². The molecule has 1 N–H and O–H groups in total. The summed E-state index contributed by atoms with van der Waals surface area (Å²) in [5.74, 6) is -0.180. The van der Waals surface area contributed by atoms with Crippen molar-refractivity contribution in [2.24, 2.45) is 5.92 Å². The zero-order chi connectivity index (χ0) is 18.2. The minimum atomic E-state index is -0.239. The Bertz CT molecular complexity index is 568. The minimum absolute atomic E-state index is 0.0176. The van der Waals surface area contributed by atoms with E-state index < -0.39 is 0 Å². The van der Waals surface area contributed by atoms with E-state index in [-0.39, 0.29) is 23.8 Å². The third-order valence-corrected chi connectivity index (χ3v) is 5.03. The summed E-state index contributed by atoms with van der Waals surface area (Å²) < 4.78 is 0. The van der Waals surface area contributed by atoms with E-state index in [0.717, 1.165) is 24.9 Å². The molecule has 138 valence electrons. The van der Waals surface area contributed by atoms with Crippen LogP contribution in [0.3, 0.4) is 0 Å². The molecule has 2 atom stereocenters. The van der Waals surface area contributed by atoms with Crippen molar-refractivity contribution in [2.75, 3.05) is 11.4 Å². The van der Waals surface area contributed by atoms with E-state index in [9.17, 15) is 9.59 Å². The minimum Gasteiger partial charge on any atom is -0.353 e. The lowest BCUT2D eigenvalue weighted by Gasteiger charge is -2.19. The summed E-state index contributed by atoms with van der Waals surface area (Å²) in [4.78, 5) is 26.5. The lowest BCUT2D eigenvalue weighted by molar-refractivity contribution is -0.126. The molecule has 0 unspecified atom stereocenters. The van der Waals surface area contributed by atoms with Crippen LogP contribution in [0.15, 0.2) is 24.3 Å². The summed E-state index contributed by atoms with van der Waals surface area (Å²) in [6.07, 6.45) is 7.15. The SMILES string of the molecule is CCCCCC[C@H](C)NC(=O)[C@H]1CC(=O)N(c2ccc(CC)cc2)C1. The highest BCUT2D eigenvalue weighted by Gasteiger charge is 2.35. The summed E-state index contributed by atoms with van der Waals surface area (Å²) in [6.45, 7) is 6.85. The number of nitrogens with one attached hydrogen (secondary N) is 1. The van der Waals surface area contributed by atoms with Crippen LogP contribution in [0, 0.1) is 5.92 Å². The Morgan fingerprint density at radius 3 is 2.56 bits per heavy atom. The van der Waals surface area contributed by atoms with Gasteiger partial charge < -0.3 is 10.2 Å². The maximum Gasteiger partial charge on any atom is 0.227 e. The normalized spacial score (nSPS) is 18.4. The van der Waals surface area contributed by atoms with Gasteiger partial charge in [-0.3, -0.25) is 9.59 Å². The van der Waals surface area contributed by atoms with Crippen LogP contribution in [-0.4, -0.2) is 24.4 Å². The van der Waals surface area contributed by atoms with Crippen molar-refractivity contribution < 1.29 is 9.59 Å². The predicted octanol–water partition coefficient (Wildman–Crippen LogP) is 4.08. The molecule has 0 aliphatic carbocycles. The van der Waals surface area contributed by atoms with Gasteiger partial charge in [-0.1, -0.05) is 51.7 Å². The molecule has 2 rings (SSSR count). The van der Waals surface area contributed by atoms with Crippen LogP contribution in [-0.2, 0) is 16.0 Å². The van der Waals surface area contributed by atoms with Gasteiger partial charge in [0.25, 0.3) is 0 Å². The van der Waals surface area contributed by atoms with Crippen molar-refractivity contribution in [3.05, 3.63) is 29.8 Å². The number of unbranched alkanes of at least 4 members (excludes halogenated alkanes) is 3. The average Bonchev–Trinajstić information content (AvgIpc) is 3.01. The van der Waals surface area contributed by atoms with E-state index in [2.05, 4.69) is 26.1 Å². The second-order valence-corrected chi connectivity index (χ2v) is 7.18. The molecule has 1 aromatic rings. The van der Waals surface area contributed by atoms with Gasteiger partial charge >= 0.3 is 0 Å². The molecule has 1 aliphatic heterocycles. The van der Waals surface area contributed by atoms with Crippen LogP contribution in [0.25, 0.3) is 0 Å². The third kappa shape index (κ3) is 5.58. The molecule has 0 radical (unpaired) electrons. The molecule has 25 heavy (non-hydrogen) atoms.